The van der Waals surface area contributed by atoms with Gasteiger partial charge in [-0.1, -0.05) is 12.1 Å². The van der Waals surface area contributed by atoms with E-state index in [2.05, 4.69) is 9.97 Å². The van der Waals surface area contributed by atoms with Crippen LogP contribution < -0.4 is 10.3 Å². The van der Waals surface area contributed by atoms with Gasteiger partial charge in [0.1, 0.15) is 16.5 Å². The Morgan fingerprint density at radius 2 is 1.67 bits per heavy atom. The highest BCUT2D eigenvalue weighted by Crippen LogP contribution is 2.18. The monoisotopic (exact) mass is 390 g/mol. The molecule has 10 heteroatoms. The Hall–Kier alpha value is -3.24. The lowest BCUT2D eigenvalue weighted by Gasteiger charge is -2.10. The van der Waals surface area contributed by atoms with Gasteiger partial charge in [0, 0.05) is 23.5 Å². The Morgan fingerprint density at radius 3 is 2.37 bits per heavy atom. The van der Waals surface area contributed by atoms with Gasteiger partial charge in [-0.25, -0.2) is 27.2 Å². The molecule has 138 valence electrons. The summed E-state index contributed by atoms with van der Waals surface area (Å²) in [5.41, 5.74) is 1.98. The predicted octanol–water partition coefficient (Wildman–Crippen LogP) is 2.05. The maximum atomic E-state index is 13.8. The van der Waals surface area contributed by atoms with Crippen molar-refractivity contribution in [1.29, 1.82) is 0 Å². The molecule has 2 N–H and O–H groups in total. The van der Waals surface area contributed by atoms with Crippen LogP contribution in [0.1, 0.15) is 10.4 Å². The summed E-state index contributed by atoms with van der Waals surface area (Å²) in [5.74, 6) is -2.46. The summed E-state index contributed by atoms with van der Waals surface area (Å²) < 4.78 is 51.6. The van der Waals surface area contributed by atoms with Gasteiger partial charge in [-0.3, -0.25) is 10.2 Å². The minimum atomic E-state index is -4.34. The fourth-order valence-electron chi connectivity index (χ4n) is 2.20. The molecule has 3 rings (SSSR count). The van der Waals surface area contributed by atoms with E-state index >= 15 is 0 Å². The maximum absolute atomic E-state index is 13.8. The number of rotatable bonds is 5. The van der Waals surface area contributed by atoms with Crippen LogP contribution in [0.3, 0.4) is 0 Å². The van der Waals surface area contributed by atoms with E-state index in [0.29, 0.717) is 0 Å². The van der Waals surface area contributed by atoms with Gasteiger partial charge in [0.25, 0.3) is 15.9 Å². The summed E-state index contributed by atoms with van der Waals surface area (Å²) in [6.07, 6.45) is 2.91. The van der Waals surface area contributed by atoms with Gasteiger partial charge < -0.3 is 0 Å². The number of carbonyl (C=O) groups is 1. The summed E-state index contributed by atoms with van der Waals surface area (Å²) in [4.78, 5) is 21.3. The molecule has 1 heterocycles. The van der Waals surface area contributed by atoms with Crippen LogP contribution in [0, 0.1) is 11.6 Å². The second kappa shape index (κ2) is 7.56. The zero-order valence-electron chi connectivity index (χ0n) is 13.6. The zero-order chi connectivity index (χ0) is 19.4. The number of carbonyl (C=O) groups excluding carboxylic acids is 1. The van der Waals surface area contributed by atoms with Crippen molar-refractivity contribution in [2.24, 2.45) is 0 Å². The van der Waals surface area contributed by atoms with Crippen LogP contribution in [0.15, 0.2) is 65.8 Å². The lowest BCUT2D eigenvalue weighted by Crippen LogP contribution is -2.41. The minimum Gasteiger partial charge on any atom is -0.273 e. The topological polar surface area (TPSA) is 101 Å². The van der Waals surface area contributed by atoms with Crippen LogP contribution in [0.25, 0.3) is 11.4 Å². The van der Waals surface area contributed by atoms with Crippen molar-refractivity contribution in [2.75, 3.05) is 0 Å². The van der Waals surface area contributed by atoms with Crippen molar-refractivity contribution >= 4 is 15.9 Å². The average molecular weight is 390 g/mol. The lowest BCUT2D eigenvalue weighted by atomic mass is 10.1. The van der Waals surface area contributed by atoms with Gasteiger partial charge in [-0.15, -0.1) is 4.83 Å². The van der Waals surface area contributed by atoms with E-state index in [4.69, 9.17) is 0 Å². The lowest BCUT2D eigenvalue weighted by molar-refractivity contribution is 0.0944. The number of hydrazine groups is 1. The van der Waals surface area contributed by atoms with E-state index in [1.165, 1.54) is 30.6 Å². The molecule has 7 nitrogen and oxygen atoms in total. The summed E-state index contributed by atoms with van der Waals surface area (Å²) in [6, 6.07) is 9.59. The number of hydrogen-bond donors (Lipinski definition) is 2. The number of nitrogens with one attached hydrogen (secondary N) is 2. The molecule has 0 saturated carbocycles. The third kappa shape index (κ3) is 4.30. The molecule has 0 aliphatic heterocycles. The maximum Gasteiger partial charge on any atom is 0.266 e. The normalized spacial score (nSPS) is 11.2. The Morgan fingerprint density at radius 1 is 0.963 bits per heavy atom. The molecule has 0 unspecified atom stereocenters. The molecule has 0 saturated heterocycles. The quantitative estimate of drug-likeness (QED) is 0.650. The van der Waals surface area contributed by atoms with Crippen molar-refractivity contribution in [2.45, 2.75) is 4.90 Å². The van der Waals surface area contributed by atoms with Crippen LogP contribution in [-0.4, -0.2) is 24.3 Å². The van der Waals surface area contributed by atoms with Crippen LogP contribution in [0.2, 0.25) is 0 Å². The summed E-state index contributed by atoms with van der Waals surface area (Å²) in [6.45, 7) is 0. The van der Waals surface area contributed by atoms with Crippen molar-refractivity contribution < 1.29 is 22.0 Å². The molecule has 2 aromatic carbocycles. The molecule has 0 radical (unpaired) electrons. The molecular weight excluding hydrogens is 378 g/mol. The van der Waals surface area contributed by atoms with Gasteiger partial charge in [0.05, 0.1) is 0 Å². The zero-order valence-corrected chi connectivity index (χ0v) is 14.4. The van der Waals surface area contributed by atoms with Crippen molar-refractivity contribution in [3.8, 4) is 11.4 Å². The Kier molecular flexibility index (Phi) is 5.19. The average Bonchev–Trinajstić information content (AvgIpc) is 2.66. The molecule has 0 fully saturated rings. The van der Waals surface area contributed by atoms with Crippen LogP contribution >= 0.6 is 0 Å². The van der Waals surface area contributed by atoms with Gasteiger partial charge in [-0.2, -0.15) is 0 Å². The Labute approximate surface area is 153 Å². The van der Waals surface area contributed by atoms with E-state index < -0.39 is 32.5 Å². The number of halogens is 2. The highest BCUT2D eigenvalue weighted by atomic mass is 32.2. The van der Waals surface area contributed by atoms with Gasteiger partial charge >= 0.3 is 0 Å². The Bertz CT molecular complexity index is 1090. The van der Waals surface area contributed by atoms with Gasteiger partial charge in [-0.05, 0) is 36.4 Å². The fraction of sp³-hybridized carbons (Fsp3) is 0. The number of sulfonamides is 1. The number of benzene rings is 2. The van der Waals surface area contributed by atoms with E-state index in [0.717, 1.165) is 24.3 Å². The predicted molar refractivity (Wildman–Crippen MR) is 91.6 cm³/mol. The van der Waals surface area contributed by atoms with Crippen molar-refractivity contribution in [3.05, 3.63) is 78.1 Å². The fourth-order valence-corrected chi connectivity index (χ4v) is 3.12. The minimum absolute atomic E-state index is 0.173. The molecule has 0 bridgehead atoms. The first kappa shape index (κ1) is 18.5. The van der Waals surface area contributed by atoms with Crippen LogP contribution in [0.5, 0.6) is 0 Å². The molecule has 27 heavy (non-hydrogen) atoms. The smallest absolute Gasteiger partial charge is 0.266 e. The molecular formula is C17H12F2N4O3S. The molecule has 0 aliphatic rings. The van der Waals surface area contributed by atoms with Crippen LogP contribution in [-0.2, 0) is 10.0 Å². The number of amides is 1. The molecule has 0 atom stereocenters. The summed E-state index contributed by atoms with van der Waals surface area (Å²) in [7, 11) is -4.34. The number of aromatic nitrogens is 2. The molecule has 0 spiro atoms. The van der Waals surface area contributed by atoms with Gasteiger partial charge in [0.15, 0.2) is 5.82 Å². The number of hydrogen-bond acceptors (Lipinski definition) is 5. The molecule has 1 amide bonds. The van der Waals surface area contributed by atoms with E-state index in [1.807, 2.05) is 5.43 Å². The molecule has 0 aliphatic carbocycles. The highest BCUT2D eigenvalue weighted by molar-refractivity contribution is 7.89. The third-order valence-electron chi connectivity index (χ3n) is 3.41. The largest absolute Gasteiger partial charge is 0.273 e. The highest BCUT2D eigenvalue weighted by Gasteiger charge is 2.20. The third-order valence-corrected chi connectivity index (χ3v) is 4.69. The van der Waals surface area contributed by atoms with E-state index in [9.17, 15) is 22.0 Å². The van der Waals surface area contributed by atoms with Crippen molar-refractivity contribution in [1.82, 2.24) is 20.2 Å². The molecule has 1 aromatic heterocycles. The van der Waals surface area contributed by atoms with Gasteiger partial charge in [0.2, 0.25) is 0 Å². The second-order valence-electron chi connectivity index (χ2n) is 5.29. The first-order valence-electron chi connectivity index (χ1n) is 7.51. The Balaban J connectivity index is 1.81. The van der Waals surface area contributed by atoms with E-state index in [1.54, 1.807) is 10.9 Å². The molecule has 3 aromatic rings. The number of nitrogens with zero attached hydrogens (tertiary/aromatic N) is 2. The summed E-state index contributed by atoms with van der Waals surface area (Å²) >= 11 is 0. The van der Waals surface area contributed by atoms with Crippen molar-refractivity contribution in [3.63, 3.8) is 0 Å². The van der Waals surface area contributed by atoms with E-state index in [-0.39, 0.29) is 17.0 Å². The standard InChI is InChI=1S/C17H12F2N4O3S/c18-13-9-11(16-20-6-3-7-21-16)8-12(10-13)17(24)22-23-27(25,26)15-5-2-1-4-14(15)19/h1-10,23H,(H,22,24). The first-order chi connectivity index (χ1) is 12.9. The first-order valence-corrected chi connectivity index (χ1v) is 9.00. The van der Waals surface area contributed by atoms with Crippen LogP contribution in [0.4, 0.5) is 8.78 Å². The summed E-state index contributed by atoms with van der Waals surface area (Å²) in [5, 5.41) is 0. The second-order valence-corrected chi connectivity index (χ2v) is 6.94. The SMILES string of the molecule is O=C(NNS(=O)(=O)c1ccccc1F)c1cc(F)cc(-c2ncccn2)c1.